The highest BCUT2D eigenvalue weighted by atomic mass is 32.1. The first-order chi connectivity index (χ1) is 28.2. The Kier molecular flexibility index (Phi) is 12.7. The fourth-order valence-electron chi connectivity index (χ4n) is 9.92. The van der Waals surface area contributed by atoms with Crippen LogP contribution in [0.25, 0.3) is 55.5 Å². The fourth-order valence-corrected chi connectivity index (χ4v) is 10.5. The van der Waals surface area contributed by atoms with Crippen LogP contribution in [0.3, 0.4) is 0 Å². The Labute approximate surface area is 359 Å². The molecule has 59 heavy (non-hydrogen) atoms. The van der Waals surface area contributed by atoms with Crippen LogP contribution in [0.4, 0.5) is 4.39 Å². The van der Waals surface area contributed by atoms with Gasteiger partial charge in [-0.2, -0.15) is 8.75 Å². The van der Waals surface area contributed by atoms with E-state index in [1.54, 1.807) is 11.6 Å². The lowest BCUT2D eigenvalue weighted by Gasteiger charge is -2.39. The Morgan fingerprint density at radius 3 is 1.59 bits per heavy atom. The minimum absolute atomic E-state index is 0.0212. The van der Waals surface area contributed by atoms with Crippen LogP contribution in [0.5, 0.6) is 0 Å². The van der Waals surface area contributed by atoms with Gasteiger partial charge in [-0.05, 0) is 103 Å². The molecule has 0 saturated carbocycles. The fraction of sp³-hybridized carbons (Fsp3) is 0.455. The molecule has 0 spiro atoms. The normalized spacial score (nSPS) is 16.3. The average molecular weight is 807 g/mol. The summed E-state index contributed by atoms with van der Waals surface area (Å²) in [5.41, 5.74) is 15.5. The zero-order valence-electron chi connectivity index (χ0n) is 37.6. The van der Waals surface area contributed by atoms with Gasteiger partial charge in [-0.15, -0.1) is 0 Å². The second-order valence-electron chi connectivity index (χ2n) is 19.7. The van der Waals surface area contributed by atoms with Crippen molar-refractivity contribution in [3.63, 3.8) is 0 Å². The topological polar surface area (TPSA) is 25.8 Å². The van der Waals surface area contributed by atoms with E-state index in [2.05, 4.69) is 146 Å². The Hall–Kier alpha value is -4.15. The third-order valence-electron chi connectivity index (χ3n) is 13.6. The van der Waals surface area contributed by atoms with Crippen LogP contribution >= 0.6 is 11.7 Å². The number of unbranched alkanes of at least 4 members (excludes halogenated alkanes) is 2. The molecule has 0 aliphatic heterocycles. The number of fused-ring (bicyclic) bond motifs is 4. The second kappa shape index (κ2) is 17.4. The van der Waals surface area contributed by atoms with Crippen molar-refractivity contribution in [1.29, 1.82) is 0 Å². The lowest BCUT2D eigenvalue weighted by atomic mass is 9.64. The molecular formula is C55H67FN2S. The zero-order valence-corrected chi connectivity index (χ0v) is 38.4. The number of hydrogen-bond acceptors (Lipinski definition) is 3. The van der Waals surface area contributed by atoms with Crippen molar-refractivity contribution in [2.24, 2.45) is 11.8 Å². The van der Waals surface area contributed by atoms with E-state index in [4.69, 9.17) is 4.37 Å². The maximum absolute atomic E-state index is 16.2. The van der Waals surface area contributed by atoms with Crippen LogP contribution < -0.4 is 0 Å². The standard InChI is InChI=1S/C55H67FN2S/c1-11-15-17-36(13-3)34-55(35-37(14-4)18-16-12-2)47-31-41(25-29-44(47)45-30-28-43(32-48(45)55)54(8,9)10)38-19-21-39(22-20-38)46-33-49(56)50(52-51(46)57-59-58-52)40-23-26-42(27-24-40)53(5,6)7/h19-33,36-37H,11-18,34-35H2,1-10H3. The Morgan fingerprint density at radius 2 is 1.03 bits per heavy atom. The van der Waals surface area contributed by atoms with Gasteiger partial charge < -0.3 is 0 Å². The van der Waals surface area contributed by atoms with Gasteiger partial charge in [-0.25, -0.2) is 4.39 Å². The summed E-state index contributed by atoms with van der Waals surface area (Å²) < 4.78 is 25.6. The first-order valence-corrected chi connectivity index (χ1v) is 23.4. The maximum atomic E-state index is 16.2. The van der Waals surface area contributed by atoms with E-state index in [0.717, 1.165) is 33.9 Å². The maximum Gasteiger partial charge on any atom is 0.134 e. The third-order valence-corrected chi connectivity index (χ3v) is 14.2. The molecule has 0 amide bonds. The number of hydrogen-bond donors (Lipinski definition) is 0. The monoisotopic (exact) mass is 807 g/mol. The van der Waals surface area contributed by atoms with Crippen molar-refractivity contribution in [1.82, 2.24) is 8.75 Å². The van der Waals surface area contributed by atoms with Gasteiger partial charge in [0.05, 0.1) is 11.7 Å². The summed E-state index contributed by atoms with van der Waals surface area (Å²) in [6.07, 6.45) is 12.5. The van der Waals surface area contributed by atoms with Crippen molar-refractivity contribution < 1.29 is 4.39 Å². The van der Waals surface area contributed by atoms with Crippen LogP contribution in [-0.4, -0.2) is 8.75 Å². The van der Waals surface area contributed by atoms with Gasteiger partial charge in [0.15, 0.2) is 0 Å². The number of nitrogens with zero attached hydrogens (tertiary/aromatic N) is 2. The van der Waals surface area contributed by atoms with E-state index in [1.165, 1.54) is 103 Å². The van der Waals surface area contributed by atoms with E-state index in [1.807, 2.05) is 12.1 Å². The molecule has 310 valence electrons. The molecule has 0 fully saturated rings. The molecule has 4 heteroatoms. The molecule has 2 atom stereocenters. The first kappa shape index (κ1) is 43.0. The van der Waals surface area contributed by atoms with E-state index >= 15 is 4.39 Å². The molecule has 2 nitrogen and oxygen atoms in total. The molecule has 0 radical (unpaired) electrons. The highest BCUT2D eigenvalue weighted by molar-refractivity contribution is 7.00. The van der Waals surface area contributed by atoms with Crippen LogP contribution in [0, 0.1) is 17.7 Å². The van der Waals surface area contributed by atoms with Gasteiger partial charge >= 0.3 is 0 Å². The van der Waals surface area contributed by atoms with Crippen LogP contribution in [0.1, 0.15) is 156 Å². The van der Waals surface area contributed by atoms with Gasteiger partial charge in [-0.1, -0.05) is 199 Å². The zero-order chi connectivity index (χ0) is 42.1. The molecule has 7 rings (SSSR count). The largest absolute Gasteiger partial charge is 0.206 e. The first-order valence-electron chi connectivity index (χ1n) is 22.7. The lowest BCUT2D eigenvalue weighted by Crippen LogP contribution is -2.32. The summed E-state index contributed by atoms with van der Waals surface area (Å²) in [4.78, 5) is 0. The van der Waals surface area contributed by atoms with Crippen molar-refractivity contribution in [3.8, 4) is 44.5 Å². The summed E-state index contributed by atoms with van der Waals surface area (Å²) in [6.45, 7) is 23.2. The van der Waals surface area contributed by atoms with Crippen LogP contribution in [0.2, 0.25) is 0 Å². The van der Waals surface area contributed by atoms with Gasteiger partial charge in [0.2, 0.25) is 0 Å². The SMILES string of the molecule is CCCCC(CC)CC1(CC(CC)CCCC)c2cc(-c3ccc(-c4cc(F)c(-c5ccc(C(C)(C)C)cc5)c5nsnc45)cc3)ccc2-c2ccc(C(C)(C)C)cc21. The molecule has 6 aromatic rings. The summed E-state index contributed by atoms with van der Waals surface area (Å²) in [6, 6.07) is 33.4. The van der Waals surface area contributed by atoms with Crippen molar-refractivity contribution in [2.45, 2.75) is 150 Å². The predicted molar refractivity (Wildman–Crippen MR) is 253 cm³/mol. The highest BCUT2D eigenvalue weighted by Crippen LogP contribution is 2.57. The minimum atomic E-state index is -0.273. The molecule has 1 heterocycles. The summed E-state index contributed by atoms with van der Waals surface area (Å²) in [5, 5.41) is 0. The highest BCUT2D eigenvalue weighted by Gasteiger charge is 2.46. The molecule has 0 bridgehead atoms. The van der Waals surface area contributed by atoms with E-state index in [0.29, 0.717) is 22.9 Å². The van der Waals surface area contributed by atoms with Gasteiger partial charge in [0.1, 0.15) is 16.9 Å². The third kappa shape index (κ3) is 8.59. The molecule has 2 unspecified atom stereocenters. The number of rotatable bonds is 15. The molecular weight excluding hydrogens is 740 g/mol. The van der Waals surface area contributed by atoms with E-state index in [-0.39, 0.29) is 22.1 Å². The Bertz CT molecular complexity index is 2350. The number of benzene rings is 5. The van der Waals surface area contributed by atoms with E-state index < -0.39 is 0 Å². The lowest BCUT2D eigenvalue weighted by molar-refractivity contribution is 0.266. The smallest absolute Gasteiger partial charge is 0.134 e. The molecule has 0 saturated heterocycles. The van der Waals surface area contributed by atoms with Gasteiger partial charge in [0.25, 0.3) is 0 Å². The van der Waals surface area contributed by atoms with Gasteiger partial charge in [0, 0.05) is 16.5 Å². The summed E-state index contributed by atoms with van der Waals surface area (Å²) >= 11 is 1.15. The summed E-state index contributed by atoms with van der Waals surface area (Å²) in [7, 11) is 0. The summed E-state index contributed by atoms with van der Waals surface area (Å²) in [5.74, 6) is 1.07. The van der Waals surface area contributed by atoms with Crippen LogP contribution in [-0.2, 0) is 16.2 Å². The molecule has 1 aliphatic rings. The number of aromatic nitrogens is 2. The van der Waals surface area contributed by atoms with Crippen LogP contribution in [0.15, 0.2) is 91.0 Å². The quantitative estimate of drug-likeness (QED) is 0.103. The second-order valence-corrected chi connectivity index (χ2v) is 20.3. The average Bonchev–Trinajstić information content (AvgIpc) is 3.81. The molecule has 0 N–H and O–H groups in total. The van der Waals surface area contributed by atoms with Gasteiger partial charge in [-0.3, -0.25) is 0 Å². The Morgan fingerprint density at radius 1 is 0.542 bits per heavy atom. The van der Waals surface area contributed by atoms with Crippen molar-refractivity contribution in [3.05, 3.63) is 119 Å². The molecule has 1 aromatic heterocycles. The number of halogens is 1. The van der Waals surface area contributed by atoms with Crippen molar-refractivity contribution in [2.75, 3.05) is 0 Å². The molecule has 1 aliphatic carbocycles. The molecule has 5 aromatic carbocycles. The van der Waals surface area contributed by atoms with E-state index in [9.17, 15) is 0 Å². The predicted octanol–water partition coefficient (Wildman–Crippen LogP) is 16.9. The minimum Gasteiger partial charge on any atom is -0.206 e. The Balaban J connectivity index is 1.31. The van der Waals surface area contributed by atoms with Crippen molar-refractivity contribution >= 4 is 22.8 Å².